The fourth-order valence-corrected chi connectivity index (χ4v) is 4.58. The number of urea groups is 1. The van der Waals surface area contributed by atoms with Crippen LogP contribution >= 0.6 is 0 Å². The van der Waals surface area contributed by atoms with Crippen molar-refractivity contribution in [3.05, 3.63) is 71.8 Å². The maximum absolute atomic E-state index is 13.4. The molecule has 3 amide bonds. The normalized spacial score (nSPS) is 17.6. The van der Waals surface area contributed by atoms with Gasteiger partial charge in [-0.3, -0.25) is 4.79 Å². The summed E-state index contributed by atoms with van der Waals surface area (Å²) in [5.41, 5.74) is 8.47. The molecule has 2 aromatic carbocycles. The van der Waals surface area contributed by atoms with Gasteiger partial charge in [-0.15, -0.1) is 0 Å². The Bertz CT molecular complexity index is 907. The molecule has 2 aromatic rings. The number of aliphatic hydroxyl groups is 1. The van der Waals surface area contributed by atoms with Crippen LogP contribution in [0.2, 0.25) is 0 Å². The Morgan fingerprint density at radius 2 is 1.65 bits per heavy atom. The van der Waals surface area contributed by atoms with Gasteiger partial charge in [-0.25, -0.2) is 4.79 Å². The number of carbonyl (C=O) groups excluding carboxylic acids is 2. The minimum absolute atomic E-state index is 0.0495. The van der Waals surface area contributed by atoms with Crippen molar-refractivity contribution in [3.63, 3.8) is 0 Å². The van der Waals surface area contributed by atoms with Gasteiger partial charge in [0.05, 0.1) is 6.10 Å². The number of carbonyl (C=O) groups is 2. The zero-order valence-electron chi connectivity index (χ0n) is 20.2. The largest absolute Gasteiger partial charge is 0.391 e. The molecule has 4 atom stereocenters. The van der Waals surface area contributed by atoms with Gasteiger partial charge in [0.15, 0.2) is 0 Å². The molecule has 0 radical (unpaired) electrons. The van der Waals surface area contributed by atoms with E-state index in [-0.39, 0.29) is 23.9 Å². The number of hydrogen-bond acceptors (Lipinski definition) is 4. The summed E-state index contributed by atoms with van der Waals surface area (Å²) >= 11 is 0. The highest BCUT2D eigenvalue weighted by Crippen LogP contribution is 2.17. The molecular weight excluding hydrogens is 428 g/mol. The number of benzene rings is 2. The van der Waals surface area contributed by atoms with E-state index >= 15 is 0 Å². The summed E-state index contributed by atoms with van der Waals surface area (Å²) in [5.74, 6) is -0.247. The van der Waals surface area contributed by atoms with E-state index in [9.17, 15) is 14.7 Å². The van der Waals surface area contributed by atoms with Crippen LogP contribution in [0, 0.1) is 5.92 Å². The molecular formula is C27H38N4O3. The van der Waals surface area contributed by atoms with Gasteiger partial charge in [0.1, 0.15) is 6.04 Å². The van der Waals surface area contributed by atoms with Crippen LogP contribution in [0.4, 0.5) is 4.79 Å². The molecule has 7 heteroatoms. The van der Waals surface area contributed by atoms with Crippen molar-refractivity contribution in [3.8, 4) is 0 Å². The molecule has 1 heterocycles. The number of aliphatic hydroxyl groups excluding tert-OH is 1. The van der Waals surface area contributed by atoms with Gasteiger partial charge in [0.2, 0.25) is 5.91 Å². The first kappa shape index (κ1) is 25.7. The van der Waals surface area contributed by atoms with E-state index in [1.165, 1.54) is 0 Å². The Labute approximate surface area is 202 Å². The summed E-state index contributed by atoms with van der Waals surface area (Å²) in [4.78, 5) is 27.5. The van der Waals surface area contributed by atoms with Gasteiger partial charge in [0, 0.05) is 25.2 Å². The maximum atomic E-state index is 13.4. The van der Waals surface area contributed by atoms with E-state index in [1.807, 2.05) is 74.5 Å². The highest BCUT2D eigenvalue weighted by atomic mass is 16.3. The topological polar surface area (TPSA) is 108 Å². The summed E-state index contributed by atoms with van der Waals surface area (Å²) in [7, 11) is 0. The number of amides is 3. The van der Waals surface area contributed by atoms with Crippen LogP contribution in [-0.4, -0.2) is 59.3 Å². The molecule has 1 saturated heterocycles. The fourth-order valence-electron chi connectivity index (χ4n) is 4.58. The van der Waals surface area contributed by atoms with Crippen LogP contribution < -0.4 is 16.4 Å². The summed E-state index contributed by atoms with van der Waals surface area (Å²) in [5, 5.41) is 16.9. The van der Waals surface area contributed by atoms with E-state index in [0.717, 1.165) is 17.5 Å². The molecule has 0 aliphatic carbocycles. The van der Waals surface area contributed by atoms with Gasteiger partial charge in [-0.1, -0.05) is 74.5 Å². The lowest BCUT2D eigenvalue weighted by atomic mass is 9.93. The van der Waals surface area contributed by atoms with E-state index in [0.29, 0.717) is 32.4 Å². The lowest BCUT2D eigenvalue weighted by molar-refractivity contribution is -0.128. The van der Waals surface area contributed by atoms with Crippen molar-refractivity contribution in [2.24, 2.45) is 11.7 Å². The van der Waals surface area contributed by atoms with E-state index < -0.39 is 18.2 Å². The molecule has 2 unspecified atom stereocenters. The second-order valence-corrected chi connectivity index (χ2v) is 9.52. The highest BCUT2D eigenvalue weighted by molar-refractivity contribution is 5.87. The molecule has 0 bridgehead atoms. The number of hydrogen-bond donors (Lipinski definition) is 4. The Morgan fingerprint density at radius 3 is 2.21 bits per heavy atom. The van der Waals surface area contributed by atoms with Crippen LogP contribution in [0.5, 0.6) is 0 Å². The SMILES string of the molecule is CC(C)C(C(=O)N[C@@H](Cc1ccccc1)CC(O)[C@@H](N)Cc1ccccc1)N1CCCNC1=O. The van der Waals surface area contributed by atoms with Crippen molar-refractivity contribution >= 4 is 11.9 Å². The number of nitrogens with one attached hydrogen (secondary N) is 2. The Balaban J connectivity index is 1.72. The summed E-state index contributed by atoms with van der Waals surface area (Å²) in [6, 6.07) is 18.2. The lowest BCUT2D eigenvalue weighted by Gasteiger charge is -2.37. The second kappa shape index (κ2) is 12.5. The average Bonchev–Trinajstić information content (AvgIpc) is 2.81. The first-order valence-electron chi connectivity index (χ1n) is 12.2. The molecule has 1 aliphatic rings. The zero-order valence-corrected chi connectivity index (χ0v) is 20.2. The quantitative estimate of drug-likeness (QED) is 0.408. The third-order valence-electron chi connectivity index (χ3n) is 6.35. The number of rotatable bonds is 11. The second-order valence-electron chi connectivity index (χ2n) is 9.52. The smallest absolute Gasteiger partial charge is 0.318 e. The van der Waals surface area contributed by atoms with Crippen LogP contribution in [-0.2, 0) is 17.6 Å². The molecule has 0 saturated carbocycles. The first-order chi connectivity index (χ1) is 16.3. The van der Waals surface area contributed by atoms with Crippen molar-refractivity contribution in [1.29, 1.82) is 0 Å². The van der Waals surface area contributed by atoms with E-state index in [1.54, 1.807) is 4.90 Å². The van der Waals surface area contributed by atoms with Crippen molar-refractivity contribution in [2.75, 3.05) is 13.1 Å². The highest BCUT2D eigenvalue weighted by Gasteiger charge is 2.35. The molecule has 184 valence electrons. The zero-order chi connectivity index (χ0) is 24.5. The summed E-state index contributed by atoms with van der Waals surface area (Å²) in [6.07, 6.45) is 1.47. The minimum atomic E-state index is -0.787. The lowest BCUT2D eigenvalue weighted by Crippen LogP contribution is -2.59. The molecule has 3 rings (SSSR count). The Hall–Kier alpha value is -2.90. The van der Waals surface area contributed by atoms with E-state index in [2.05, 4.69) is 10.6 Å². The molecule has 34 heavy (non-hydrogen) atoms. The minimum Gasteiger partial charge on any atom is -0.391 e. The first-order valence-corrected chi connectivity index (χ1v) is 12.2. The van der Waals surface area contributed by atoms with Gasteiger partial charge in [-0.05, 0) is 42.7 Å². The standard InChI is InChI=1S/C27H38N4O3/c1-19(2)25(31-15-9-14-29-27(31)34)26(33)30-22(16-20-10-5-3-6-11-20)18-24(32)23(28)17-21-12-7-4-8-13-21/h3-8,10-13,19,22-25,32H,9,14-18,28H2,1-2H3,(H,29,34)(H,30,33)/t22-,23-,24?,25?/m0/s1. The maximum Gasteiger partial charge on any atom is 0.318 e. The monoisotopic (exact) mass is 466 g/mol. The van der Waals surface area contributed by atoms with Crippen molar-refractivity contribution < 1.29 is 14.7 Å². The van der Waals surface area contributed by atoms with Gasteiger partial charge in [0.25, 0.3) is 0 Å². The summed E-state index contributed by atoms with van der Waals surface area (Å²) < 4.78 is 0. The molecule has 5 N–H and O–H groups in total. The van der Waals surface area contributed by atoms with Crippen LogP contribution in [0.3, 0.4) is 0 Å². The fraction of sp³-hybridized carbons (Fsp3) is 0.481. The molecule has 0 spiro atoms. The van der Waals surface area contributed by atoms with Gasteiger partial charge >= 0.3 is 6.03 Å². The molecule has 1 aliphatic heterocycles. The van der Waals surface area contributed by atoms with Gasteiger partial charge < -0.3 is 26.4 Å². The van der Waals surface area contributed by atoms with Crippen LogP contribution in [0.15, 0.2) is 60.7 Å². The molecule has 1 fully saturated rings. The predicted molar refractivity (Wildman–Crippen MR) is 134 cm³/mol. The van der Waals surface area contributed by atoms with Crippen molar-refractivity contribution in [1.82, 2.24) is 15.5 Å². The molecule has 0 aromatic heterocycles. The van der Waals surface area contributed by atoms with Crippen LogP contribution in [0.1, 0.15) is 37.8 Å². The Kier molecular flexibility index (Phi) is 9.48. The third kappa shape index (κ3) is 7.30. The number of nitrogens with zero attached hydrogens (tertiary/aromatic N) is 1. The van der Waals surface area contributed by atoms with Gasteiger partial charge in [-0.2, -0.15) is 0 Å². The predicted octanol–water partition coefficient (Wildman–Crippen LogP) is 2.47. The van der Waals surface area contributed by atoms with Crippen molar-refractivity contribution in [2.45, 2.75) is 63.8 Å². The van der Waals surface area contributed by atoms with E-state index in [4.69, 9.17) is 5.73 Å². The average molecular weight is 467 g/mol. The third-order valence-corrected chi connectivity index (χ3v) is 6.35. The number of nitrogens with two attached hydrogens (primary N) is 1. The molecule has 7 nitrogen and oxygen atoms in total. The van der Waals surface area contributed by atoms with Crippen LogP contribution in [0.25, 0.3) is 0 Å². The Morgan fingerprint density at radius 1 is 1.06 bits per heavy atom. The summed E-state index contributed by atoms with van der Waals surface area (Å²) in [6.45, 7) is 5.08.